The zero-order valence-electron chi connectivity index (χ0n) is 11.9. The van der Waals surface area contributed by atoms with Gasteiger partial charge >= 0.3 is 0 Å². The molecule has 0 radical (unpaired) electrons. The van der Waals surface area contributed by atoms with E-state index in [2.05, 4.69) is 41.5 Å². The fraction of sp³-hybridized carbons (Fsp3) is 1.00. The first kappa shape index (κ1) is 15.7. The lowest BCUT2D eigenvalue weighted by atomic mass is 10.9. The van der Waals surface area contributed by atoms with Gasteiger partial charge in [0.25, 0.3) is 0 Å². The monoisotopic (exact) mass is 260 g/mol. The van der Waals surface area contributed by atoms with E-state index in [1.807, 2.05) is 0 Å². The summed E-state index contributed by atoms with van der Waals surface area (Å²) < 4.78 is 0. The molecular weight excluding hydrogens is 228 g/mol. The maximum atomic E-state index is 2.53. The number of hydrogen-bond acceptors (Lipinski definition) is 0. The molecule has 0 aromatic carbocycles. The van der Waals surface area contributed by atoms with Crippen molar-refractivity contribution in [3.63, 3.8) is 0 Å². The molecule has 0 aliphatic heterocycles. The lowest BCUT2D eigenvalue weighted by Gasteiger charge is -2.47. The minimum Gasteiger partial charge on any atom is -0.0685 e. The summed E-state index contributed by atoms with van der Waals surface area (Å²) >= 11 is 0. The minimum atomic E-state index is -0.817. The molecule has 0 amide bonds. The van der Waals surface area contributed by atoms with E-state index in [-0.39, 0.29) is 0 Å². The molecule has 0 aromatic rings. The Morgan fingerprint density at radius 1 is 0.667 bits per heavy atom. The summed E-state index contributed by atoms with van der Waals surface area (Å²) in [5, 5.41) is 0. The number of hydrogen-bond donors (Lipinski definition) is 0. The van der Waals surface area contributed by atoms with Gasteiger partial charge in [-0.3, -0.25) is 0 Å². The fourth-order valence-corrected chi connectivity index (χ4v) is 43.5. The zero-order valence-corrected chi connectivity index (χ0v) is 15.4. The Morgan fingerprint density at radius 2 is 1.07 bits per heavy atom. The third-order valence-electron chi connectivity index (χ3n) is 5.24. The Bertz CT molecular complexity index is 152. The lowest BCUT2D eigenvalue weighted by molar-refractivity contribution is 1.18. The molecule has 0 aromatic heterocycles. The van der Waals surface area contributed by atoms with E-state index < -0.39 is 14.7 Å². The zero-order chi connectivity index (χ0) is 11.9. The van der Waals surface area contributed by atoms with E-state index in [0.29, 0.717) is 9.04 Å². The average Bonchev–Trinajstić information content (AvgIpc) is 2.30. The van der Waals surface area contributed by atoms with Gasteiger partial charge < -0.3 is 0 Å². The molecule has 0 aliphatic rings. The molecule has 0 nitrogen and oxygen atoms in total. The second-order valence-electron chi connectivity index (χ2n) is 5.08. The second kappa shape index (κ2) is 7.07. The molecule has 0 saturated heterocycles. The van der Waals surface area contributed by atoms with Crippen molar-refractivity contribution in [3.05, 3.63) is 0 Å². The van der Waals surface area contributed by atoms with Gasteiger partial charge in [-0.2, -0.15) is 0 Å². The Balaban J connectivity index is 5.13. The summed E-state index contributed by atoms with van der Waals surface area (Å²) in [6, 6.07) is 9.56. The summed E-state index contributed by atoms with van der Waals surface area (Å²) in [5.41, 5.74) is 0. The molecule has 0 aliphatic carbocycles. The first-order chi connectivity index (χ1) is 7.11. The molecule has 92 valence electrons. The molecule has 0 heterocycles. The lowest BCUT2D eigenvalue weighted by Crippen LogP contribution is -2.65. The van der Waals surface area contributed by atoms with Crippen molar-refractivity contribution in [2.75, 3.05) is 0 Å². The molecule has 0 atom stereocenters. The second-order valence-corrected chi connectivity index (χ2v) is 29.3. The largest absolute Gasteiger partial charge is 0.0685 e. The molecule has 3 heteroatoms. The van der Waals surface area contributed by atoms with Crippen LogP contribution in [0.15, 0.2) is 0 Å². The van der Waals surface area contributed by atoms with Crippen LogP contribution in [0.3, 0.4) is 0 Å². The van der Waals surface area contributed by atoms with E-state index in [9.17, 15) is 0 Å². The maximum Gasteiger partial charge on any atom is 0.0438 e. The van der Waals surface area contributed by atoms with Crippen LogP contribution >= 0.6 is 0 Å². The molecule has 0 unspecified atom stereocenters. The summed E-state index contributed by atoms with van der Waals surface area (Å²) in [5.74, 6) is 0. The highest BCUT2D eigenvalue weighted by Gasteiger charge is 2.47. The van der Waals surface area contributed by atoms with E-state index in [4.69, 9.17) is 0 Å². The van der Waals surface area contributed by atoms with Gasteiger partial charge in [0, 0.05) is 23.7 Å². The van der Waals surface area contributed by atoms with Crippen LogP contribution in [0.1, 0.15) is 41.5 Å². The summed E-state index contributed by atoms with van der Waals surface area (Å²) in [7, 11) is -1.27. The Hall–Kier alpha value is 0.651. The van der Waals surface area contributed by atoms with Gasteiger partial charge in [0.15, 0.2) is 0 Å². The van der Waals surface area contributed by atoms with Gasteiger partial charge in [-0.1, -0.05) is 77.8 Å². The molecule has 15 heavy (non-hydrogen) atoms. The Labute approximate surface area is 102 Å². The van der Waals surface area contributed by atoms with E-state index in [0.717, 1.165) is 0 Å². The van der Waals surface area contributed by atoms with Crippen molar-refractivity contribution < 1.29 is 0 Å². The standard InChI is InChI=1S/C12H32Si3/c1-7-13-15(11-5,12-6)14(8-2,9-3)10-4/h7-13H2,1-6H3. The first-order valence-electron chi connectivity index (χ1n) is 7.11. The topological polar surface area (TPSA) is 0 Å². The molecule has 0 fully saturated rings. The summed E-state index contributed by atoms with van der Waals surface area (Å²) in [6.07, 6.45) is 0. The van der Waals surface area contributed by atoms with Crippen LogP contribution in [0.5, 0.6) is 0 Å². The third-order valence-corrected chi connectivity index (χ3v) is 44.1. The quantitative estimate of drug-likeness (QED) is 0.575. The van der Waals surface area contributed by atoms with Gasteiger partial charge in [0.2, 0.25) is 0 Å². The van der Waals surface area contributed by atoms with Crippen molar-refractivity contribution in [2.45, 2.75) is 77.8 Å². The van der Waals surface area contributed by atoms with Crippen LogP contribution in [0, 0.1) is 0 Å². The van der Waals surface area contributed by atoms with Crippen molar-refractivity contribution in [3.8, 4) is 0 Å². The highest BCUT2D eigenvalue weighted by molar-refractivity contribution is 7.61. The van der Waals surface area contributed by atoms with Crippen LogP contribution in [0.2, 0.25) is 36.3 Å². The maximum absolute atomic E-state index is 2.53. The molecule has 0 N–H and O–H groups in total. The molecule has 0 rings (SSSR count). The third kappa shape index (κ3) is 2.86. The van der Waals surface area contributed by atoms with Crippen molar-refractivity contribution >= 4 is 23.7 Å². The summed E-state index contributed by atoms with van der Waals surface area (Å²) in [6.45, 7) is 15.0. The van der Waals surface area contributed by atoms with Gasteiger partial charge in [-0.15, -0.1) is 0 Å². The SMILES string of the molecule is CC[SiH2][Si](CC)(CC)[Si](CC)(CC)CC. The Kier molecular flexibility index (Phi) is 7.38. The number of rotatable bonds is 8. The van der Waals surface area contributed by atoms with Crippen LogP contribution in [-0.4, -0.2) is 23.7 Å². The highest BCUT2D eigenvalue weighted by atomic mass is 29.6. The van der Waals surface area contributed by atoms with Crippen LogP contribution in [-0.2, 0) is 0 Å². The fourth-order valence-electron chi connectivity index (χ4n) is 3.97. The smallest absolute Gasteiger partial charge is 0.0438 e. The van der Waals surface area contributed by atoms with Crippen molar-refractivity contribution in [1.82, 2.24) is 0 Å². The molecular formula is C12H32Si3. The van der Waals surface area contributed by atoms with Gasteiger partial charge in [-0.25, -0.2) is 0 Å². The first-order valence-corrected chi connectivity index (χ1v) is 16.5. The molecule has 0 spiro atoms. The average molecular weight is 261 g/mol. The van der Waals surface area contributed by atoms with Gasteiger partial charge in [0.05, 0.1) is 0 Å². The highest BCUT2D eigenvalue weighted by Crippen LogP contribution is 2.35. The van der Waals surface area contributed by atoms with Crippen LogP contribution in [0.4, 0.5) is 0 Å². The predicted molar refractivity (Wildman–Crippen MR) is 82.9 cm³/mol. The van der Waals surface area contributed by atoms with Crippen molar-refractivity contribution in [2.24, 2.45) is 0 Å². The minimum absolute atomic E-state index is 0.292. The van der Waals surface area contributed by atoms with Gasteiger partial charge in [0.1, 0.15) is 0 Å². The normalized spacial score (nSPS) is 14.0. The van der Waals surface area contributed by atoms with Gasteiger partial charge in [-0.05, 0) is 0 Å². The van der Waals surface area contributed by atoms with Crippen LogP contribution < -0.4 is 0 Å². The molecule has 0 saturated carbocycles. The van der Waals surface area contributed by atoms with E-state index in [1.165, 1.54) is 0 Å². The van der Waals surface area contributed by atoms with E-state index >= 15 is 0 Å². The van der Waals surface area contributed by atoms with Crippen LogP contribution in [0.25, 0.3) is 0 Å². The Morgan fingerprint density at radius 3 is 1.27 bits per heavy atom. The van der Waals surface area contributed by atoms with Crippen molar-refractivity contribution in [1.29, 1.82) is 0 Å². The van der Waals surface area contributed by atoms with E-state index in [1.54, 1.807) is 36.3 Å². The summed E-state index contributed by atoms with van der Waals surface area (Å²) in [4.78, 5) is 0. The predicted octanol–water partition coefficient (Wildman–Crippen LogP) is 4.17. The molecule has 0 bridgehead atoms.